The Hall–Kier alpha value is -1.27. The van der Waals surface area contributed by atoms with E-state index in [1.165, 1.54) is 4.90 Å². The molecule has 0 atom stereocenters. The summed E-state index contributed by atoms with van der Waals surface area (Å²) in [5.74, 6) is -0.357. The van der Waals surface area contributed by atoms with Crippen LogP contribution in [-0.2, 0) is 10.1 Å². The standard InChI is InChI=1S/C9H16ClN5O5S/c10-7-12-8(11-1-6-21(18,19)20)14-9(13-7)15(2-4-16)3-5-17/h16-17H,1-6H2,(H,18,19,20)(H,11,12,13,14). The Morgan fingerprint density at radius 3 is 2.29 bits per heavy atom. The first-order chi connectivity index (χ1) is 9.85. The van der Waals surface area contributed by atoms with Gasteiger partial charge < -0.3 is 20.4 Å². The van der Waals surface area contributed by atoms with Crippen molar-refractivity contribution in [3.05, 3.63) is 5.28 Å². The molecule has 1 aromatic heterocycles. The maximum Gasteiger partial charge on any atom is 0.266 e. The third kappa shape index (κ3) is 6.82. The number of anilines is 2. The van der Waals surface area contributed by atoms with Crippen LogP contribution < -0.4 is 10.2 Å². The highest BCUT2D eigenvalue weighted by molar-refractivity contribution is 7.85. The lowest BCUT2D eigenvalue weighted by atomic mass is 10.5. The quantitative estimate of drug-likeness (QED) is 0.396. The van der Waals surface area contributed by atoms with Gasteiger partial charge in [0.2, 0.25) is 17.2 Å². The van der Waals surface area contributed by atoms with Crippen molar-refractivity contribution >= 4 is 33.6 Å². The molecule has 0 unspecified atom stereocenters. The summed E-state index contributed by atoms with van der Waals surface area (Å²) in [6, 6.07) is 0. The molecule has 0 spiro atoms. The van der Waals surface area contributed by atoms with Gasteiger partial charge in [0.05, 0.1) is 19.0 Å². The first-order valence-electron chi connectivity index (χ1n) is 5.93. The number of nitrogens with one attached hydrogen (secondary N) is 1. The van der Waals surface area contributed by atoms with E-state index in [2.05, 4.69) is 20.3 Å². The minimum atomic E-state index is -4.09. The van der Waals surface area contributed by atoms with Crippen molar-refractivity contribution < 1.29 is 23.2 Å². The molecule has 0 aliphatic rings. The van der Waals surface area contributed by atoms with Gasteiger partial charge in [0, 0.05) is 19.6 Å². The van der Waals surface area contributed by atoms with Crippen LogP contribution in [0.25, 0.3) is 0 Å². The molecule has 0 amide bonds. The fourth-order valence-electron chi connectivity index (χ4n) is 1.41. The Kier molecular flexibility index (Phi) is 6.98. The number of hydrogen-bond donors (Lipinski definition) is 4. The number of aliphatic hydroxyl groups excluding tert-OH is 2. The number of aliphatic hydroxyl groups is 2. The van der Waals surface area contributed by atoms with E-state index in [1.807, 2.05) is 0 Å². The van der Waals surface area contributed by atoms with Gasteiger partial charge >= 0.3 is 0 Å². The number of hydrogen-bond acceptors (Lipinski definition) is 9. The van der Waals surface area contributed by atoms with Gasteiger partial charge in [-0.15, -0.1) is 0 Å². The molecule has 0 aromatic carbocycles. The van der Waals surface area contributed by atoms with Crippen molar-refractivity contribution in [3.8, 4) is 0 Å². The number of nitrogens with zero attached hydrogens (tertiary/aromatic N) is 4. The van der Waals surface area contributed by atoms with Crippen LogP contribution in [0.1, 0.15) is 0 Å². The molecule has 12 heteroatoms. The van der Waals surface area contributed by atoms with Crippen LogP contribution in [0.2, 0.25) is 5.28 Å². The molecule has 120 valence electrons. The van der Waals surface area contributed by atoms with Crippen LogP contribution >= 0.6 is 11.6 Å². The summed E-state index contributed by atoms with van der Waals surface area (Å²) in [4.78, 5) is 13.1. The van der Waals surface area contributed by atoms with Gasteiger partial charge in [-0.3, -0.25) is 4.55 Å². The normalized spacial score (nSPS) is 11.4. The summed E-state index contributed by atoms with van der Waals surface area (Å²) in [5, 5.41) is 20.4. The topological polar surface area (TPSA) is 149 Å². The van der Waals surface area contributed by atoms with Gasteiger partial charge in [-0.05, 0) is 11.6 Å². The van der Waals surface area contributed by atoms with Gasteiger partial charge in [-0.1, -0.05) is 0 Å². The molecule has 0 saturated heterocycles. The van der Waals surface area contributed by atoms with E-state index >= 15 is 0 Å². The second-order valence-corrected chi connectivity index (χ2v) is 5.79. The lowest BCUT2D eigenvalue weighted by Crippen LogP contribution is -2.31. The molecule has 0 radical (unpaired) electrons. The van der Waals surface area contributed by atoms with Gasteiger partial charge in [-0.2, -0.15) is 23.4 Å². The third-order valence-corrected chi connectivity index (χ3v) is 3.15. The average Bonchev–Trinajstić information content (AvgIpc) is 2.36. The monoisotopic (exact) mass is 341 g/mol. The minimum absolute atomic E-state index is 0.0227. The largest absolute Gasteiger partial charge is 0.395 e. The molecule has 21 heavy (non-hydrogen) atoms. The second-order valence-electron chi connectivity index (χ2n) is 3.88. The Balaban J connectivity index is 2.82. The van der Waals surface area contributed by atoms with E-state index in [0.29, 0.717) is 0 Å². The Morgan fingerprint density at radius 2 is 1.76 bits per heavy atom. The highest BCUT2D eigenvalue weighted by Gasteiger charge is 2.13. The predicted molar refractivity (Wildman–Crippen MR) is 76.1 cm³/mol. The first kappa shape index (κ1) is 17.8. The van der Waals surface area contributed by atoms with Crippen LogP contribution in [0.4, 0.5) is 11.9 Å². The molecule has 1 heterocycles. The van der Waals surface area contributed by atoms with E-state index in [4.69, 9.17) is 26.4 Å². The summed E-state index contributed by atoms with van der Waals surface area (Å²) in [6.45, 7) is -0.0843. The number of aromatic nitrogens is 3. The predicted octanol–water partition coefficient (Wildman–Crippen LogP) is -1.38. The van der Waals surface area contributed by atoms with Crippen molar-refractivity contribution in [1.82, 2.24) is 15.0 Å². The van der Waals surface area contributed by atoms with Gasteiger partial charge in [0.1, 0.15) is 0 Å². The molecular formula is C9H16ClN5O5S. The summed E-state index contributed by atoms with van der Waals surface area (Å²) in [7, 11) is -4.09. The van der Waals surface area contributed by atoms with Crippen LogP contribution in [0.3, 0.4) is 0 Å². The number of halogens is 1. The molecule has 10 nitrogen and oxygen atoms in total. The molecule has 0 aliphatic heterocycles. The highest BCUT2D eigenvalue weighted by atomic mass is 35.5. The SMILES string of the molecule is O=S(=O)(O)CCNc1nc(Cl)nc(N(CCO)CCO)n1. The highest BCUT2D eigenvalue weighted by Crippen LogP contribution is 2.13. The van der Waals surface area contributed by atoms with Crippen molar-refractivity contribution in [3.63, 3.8) is 0 Å². The van der Waals surface area contributed by atoms with Gasteiger partial charge in [0.25, 0.3) is 10.1 Å². The Bertz CT molecular complexity index is 551. The molecule has 4 N–H and O–H groups in total. The zero-order valence-electron chi connectivity index (χ0n) is 11.0. The zero-order chi connectivity index (χ0) is 15.9. The van der Waals surface area contributed by atoms with Gasteiger partial charge in [-0.25, -0.2) is 0 Å². The maximum atomic E-state index is 10.6. The number of rotatable bonds is 9. The van der Waals surface area contributed by atoms with E-state index in [9.17, 15) is 8.42 Å². The Labute approximate surface area is 126 Å². The van der Waals surface area contributed by atoms with Crippen LogP contribution in [0.15, 0.2) is 0 Å². The van der Waals surface area contributed by atoms with Crippen LogP contribution in [-0.4, -0.2) is 76.7 Å². The molecule has 1 aromatic rings. The molecule has 0 saturated carbocycles. The summed E-state index contributed by atoms with van der Waals surface area (Å²) in [5.41, 5.74) is 0. The summed E-state index contributed by atoms with van der Waals surface area (Å²) < 4.78 is 29.8. The third-order valence-electron chi connectivity index (χ3n) is 2.26. The molecule has 0 aliphatic carbocycles. The van der Waals surface area contributed by atoms with Gasteiger partial charge in [0.15, 0.2) is 0 Å². The fourth-order valence-corrected chi connectivity index (χ4v) is 1.92. The molecular weight excluding hydrogens is 326 g/mol. The summed E-state index contributed by atoms with van der Waals surface area (Å²) in [6.07, 6.45) is 0. The van der Waals surface area contributed by atoms with E-state index in [0.717, 1.165) is 0 Å². The first-order valence-corrected chi connectivity index (χ1v) is 7.91. The van der Waals surface area contributed by atoms with Crippen molar-refractivity contribution in [2.24, 2.45) is 0 Å². The van der Waals surface area contributed by atoms with E-state index < -0.39 is 15.9 Å². The molecule has 1 rings (SSSR count). The molecule has 0 fully saturated rings. The van der Waals surface area contributed by atoms with Crippen LogP contribution in [0.5, 0.6) is 0 Å². The second kappa shape index (κ2) is 8.24. The molecule has 0 bridgehead atoms. The average molecular weight is 342 g/mol. The lowest BCUT2D eigenvalue weighted by molar-refractivity contribution is 0.280. The zero-order valence-corrected chi connectivity index (χ0v) is 12.5. The fraction of sp³-hybridized carbons (Fsp3) is 0.667. The summed E-state index contributed by atoms with van der Waals surface area (Å²) >= 11 is 5.74. The van der Waals surface area contributed by atoms with Crippen molar-refractivity contribution in [1.29, 1.82) is 0 Å². The minimum Gasteiger partial charge on any atom is -0.395 e. The van der Waals surface area contributed by atoms with E-state index in [1.54, 1.807) is 0 Å². The van der Waals surface area contributed by atoms with E-state index in [-0.39, 0.29) is 50.0 Å². The smallest absolute Gasteiger partial charge is 0.266 e. The Morgan fingerprint density at radius 1 is 1.14 bits per heavy atom. The van der Waals surface area contributed by atoms with Crippen LogP contribution in [0, 0.1) is 0 Å². The van der Waals surface area contributed by atoms with Crippen molar-refractivity contribution in [2.45, 2.75) is 0 Å². The maximum absolute atomic E-state index is 10.6. The van der Waals surface area contributed by atoms with Crippen molar-refractivity contribution in [2.75, 3.05) is 48.8 Å². The lowest BCUT2D eigenvalue weighted by Gasteiger charge is -2.20.